The van der Waals surface area contributed by atoms with Gasteiger partial charge in [0.15, 0.2) is 5.96 Å². The zero-order valence-electron chi connectivity index (χ0n) is 15.2. The summed E-state index contributed by atoms with van der Waals surface area (Å²) < 4.78 is 7.38. The highest BCUT2D eigenvalue weighted by Crippen LogP contribution is 2.38. The van der Waals surface area contributed by atoms with Crippen molar-refractivity contribution in [1.29, 1.82) is 0 Å². The summed E-state index contributed by atoms with van der Waals surface area (Å²) in [5.41, 5.74) is 0.422. The molecule has 3 rings (SSSR count). The molecule has 1 aromatic heterocycles. The fraction of sp³-hybridized carbons (Fsp3) is 0.684. The number of rotatable bonds is 6. The van der Waals surface area contributed by atoms with Crippen molar-refractivity contribution < 1.29 is 4.74 Å². The predicted octanol–water partition coefficient (Wildman–Crippen LogP) is 1.71. The third kappa shape index (κ3) is 4.63. The largest absolute Gasteiger partial charge is 0.381 e. The van der Waals surface area contributed by atoms with Gasteiger partial charge in [-0.15, -0.1) is 0 Å². The molecule has 138 valence electrons. The molecule has 1 unspecified atom stereocenters. The Morgan fingerprint density at radius 3 is 3.04 bits per heavy atom. The zero-order valence-corrected chi connectivity index (χ0v) is 15.2. The predicted molar refractivity (Wildman–Crippen MR) is 100.0 cm³/mol. The molecule has 0 aliphatic carbocycles. The first-order valence-electron chi connectivity index (χ1n) is 9.49. The minimum absolute atomic E-state index is 0.0699. The minimum Gasteiger partial charge on any atom is -0.381 e. The van der Waals surface area contributed by atoms with Crippen LogP contribution in [-0.4, -0.2) is 54.8 Å². The number of aliphatic imine (C=N–C) groups is 1. The first-order valence-corrected chi connectivity index (χ1v) is 9.49. The molecule has 3 heterocycles. The Labute approximate surface area is 149 Å². The Morgan fingerprint density at radius 2 is 2.28 bits per heavy atom. The van der Waals surface area contributed by atoms with Crippen LogP contribution in [-0.2, 0) is 11.3 Å². The van der Waals surface area contributed by atoms with Crippen LogP contribution in [0.1, 0.15) is 32.6 Å². The van der Waals surface area contributed by atoms with Crippen molar-refractivity contribution >= 4 is 5.96 Å². The highest BCUT2D eigenvalue weighted by molar-refractivity contribution is 5.80. The fourth-order valence-corrected chi connectivity index (χ4v) is 3.74. The second-order valence-corrected chi connectivity index (χ2v) is 7.15. The van der Waals surface area contributed by atoms with Gasteiger partial charge in [0.2, 0.25) is 5.56 Å². The highest BCUT2D eigenvalue weighted by Gasteiger charge is 2.42. The lowest BCUT2D eigenvalue weighted by molar-refractivity contribution is 0.156. The molecule has 0 aromatic carbocycles. The topological polar surface area (TPSA) is 58.9 Å². The second-order valence-electron chi connectivity index (χ2n) is 7.15. The molecule has 2 aliphatic heterocycles. The van der Waals surface area contributed by atoms with Crippen molar-refractivity contribution in [1.82, 2.24) is 14.8 Å². The Balaban J connectivity index is 1.47. The van der Waals surface area contributed by atoms with E-state index < -0.39 is 0 Å². The van der Waals surface area contributed by atoms with Crippen LogP contribution >= 0.6 is 0 Å². The summed E-state index contributed by atoms with van der Waals surface area (Å²) in [6, 6.07) is 5.29. The fourth-order valence-electron chi connectivity index (χ4n) is 3.74. The van der Waals surface area contributed by atoms with Gasteiger partial charge in [-0.1, -0.05) is 6.07 Å². The molecule has 0 amide bonds. The van der Waals surface area contributed by atoms with E-state index in [1.54, 1.807) is 16.7 Å². The maximum absolute atomic E-state index is 11.7. The molecule has 0 bridgehead atoms. The van der Waals surface area contributed by atoms with Crippen LogP contribution in [0.15, 0.2) is 34.2 Å². The van der Waals surface area contributed by atoms with Gasteiger partial charge in [-0.2, -0.15) is 0 Å². The molecule has 0 radical (unpaired) electrons. The van der Waals surface area contributed by atoms with E-state index in [2.05, 4.69) is 17.1 Å². The van der Waals surface area contributed by atoms with Gasteiger partial charge in [0.05, 0.1) is 6.61 Å². The summed E-state index contributed by atoms with van der Waals surface area (Å²) in [5, 5.41) is 3.43. The van der Waals surface area contributed by atoms with E-state index in [-0.39, 0.29) is 5.56 Å². The quantitative estimate of drug-likeness (QED) is 0.484. The smallest absolute Gasteiger partial charge is 0.250 e. The molecule has 0 saturated carbocycles. The van der Waals surface area contributed by atoms with Gasteiger partial charge in [-0.05, 0) is 38.7 Å². The molecule has 1 N–H and O–H groups in total. The maximum atomic E-state index is 11.7. The number of hydrogen-bond acceptors (Lipinski definition) is 3. The lowest BCUT2D eigenvalue weighted by atomic mass is 9.87. The van der Waals surface area contributed by atoms with Crippen LogP contribution in [0.3, 0.4) is 0 Å². The van der Waals surface area contributed by atoms with Crippen molar-refractivity contribution in [3.05, 3.63) is 34.7 Å². The number of ether oxygens (including phenoxy) is 1. The molecule has 6 heteroatoms. The lowest BCUT2D eigenvalue weighted by Crippen LogP contribution is -2.41. The van der Waals surface area contributed by atoms with Crippen molar-refractivity contribution in [2.45, 2.75) is 39.2 Å². The van der Waals surface area contributed by atoms with Crippen molar-refractivity contribution in [3.8, 4) is 0 Å². The highest BCUT2D eigenvalue weighted by atomic mass is 16.5. The Hall–Kier alpha value is -1.82. The number of nitrogens with zero attached hydrogens (tertiary/aromatic N) is 3. The van der Waals surface area contributed by atoms with Crippen molar-refractivity contribution in [3.63, 3.8) is 0 Å². The number of unbranched alkanes of at least 4 members (excludes halogenated alkanes) is 1. The number of likely N-dealkylation sites (tertiary alicyclic amines) is 1. The standard InChI is InChI=1S/C19H30N4O2/c1-2-20-18(23-13-8-19(15-23)9-14-25-16-19)21-10-4-6-12-22-11-5-3-7-17(22)24/h3,5,7,11H,2,4,6,8-10,12-16H2,1H3,(H,20,21). The van der Waals surface area contributed by atoms with Crippen molar-refractivity contribution in [2.75, 3.05) is 39.4 Å². The minimum atomic E-state index is 0.0699. The molecular weight excluding hydrogens is 316 g/mol. The SMILES string of the molecule is CCNC(=NCCCCn1ccccc1=O)N1CCC2(CCOC2)C1. The summed E-state index contributed by atoms with van der Waals surface area (Å²) >= 11 is 0. The van der Waals surface area contributed by atoms with E-state index >= 15 is 0 Å². The zero-order chi connectivity index (χ0) is 17.5. The Morgan fingerprint density at radius 1 is 1.36 bits per heavy atom. The summed E-state index contributed by atoms with van der Waals surface area (Å²) in [4.78, 5) is 18.9. The van der Waals surface area contributed by atoms with Gasteiger partial charge >= 0.3 is 0 Å². The van der Waals surface area contributed by atoms with Gasteiger partial charge in [-0.3, -0.25) is 9.79 Å². The molecule has 25 heavy (non-hydrogen) atoms. The van der Waals surface area contributed by atoms with E-state index in [9.17, 15) is 4.79 Å². The summed E-state index contributed by atoms with van der Waals surface area (Å²) in [7, 11) is 0. The number of hydrogen-bond donors (Lipinski definition) is 1. The number of guanidine groups is 1. The maximum Gasteiger partial charge on any atom is 0.250 e. The summed E-state index contributed by atoms with van der Waals surface area (Å²) in [5.74, 6) is 1.03. The molecule has 2 aliphatic rings. The molecule has 1 atom stereocenters. The van der Waals surface area contributed by atoms with Gasteiger partial charge < -0.3 is 19.5 Å². The first-order chi connectivity index (χ1) is 12.2. The van der Waals surface area contributed by atoms with Crippen molar-refractivity contribution in [2.24, 2.45) is 10.4 Å². The monoisotopic (exact) mass is 346 g/mol. The number of aryl methyl sites for hydroxylation is 1. The van der Waals surface area contributed by atoms with E-state index in [4.69, 9.17) is 9.73 Å². The number of aromatic nitrogens is 1. The van der Waals surface area contributed by atoms with Crippen LogP contribution in [0.4, 0.5) is 0 Å². The van der Waals surface area contributed by atoms with Crippen LogP contribution in [0.25, 0.3) is 0 Å². The Bertz CT molecular complexity index is 634. The summed E-state index contributed by atoms with van der Waals surface area (Å²) in [6.45, 7) is 8.47. The average Bonchev–Trinajstić information content (AvgIpc) is 3.25. The normalized spacial score (nSPS) is 23.6. The van der Waals surface area contributed by atoms with E-state index in [0.717, 1.165) is 64.7 Å². The molecule has 6 nitrogen and oxygen atoms in total. The van der Waals surface area contributed by atoms with Crippen LogP contribution in [0, 0.1) is 5.41 Å². The van der Waals surface area contributed by atoms with Crippen LogP contribution in [0.5, 0.6) is 0 Å². The third-order valence-electron chi connectivity index (χ3n) is 5.23. The molecule has 1 aromatic rings. The van der Waals surface area contributed by atoms with Gasteiger partial charge in [0.1, 0.15) is 0 Å². The first kappa shape index (κ1) is 18.0. The van der Waals surface area contributed by atoms with Crippen LogP contribution < -0.4 is 10.9 Å². The molecular formula is C19H30N4O2. The molecule has 2 saturated heterocycles. The average molecular weight is 346 g/mol. The Kier molecular flexibility index (Phi) is 6.13. The van der Waals surface area contributed by atoms with E-state index in [0.29, 0.717) is 5.41 Å². The molecule has 1 spiro atoms. The van der Waals surface area contributed by atoms with E-state index in [1.807, 2.05) is 12.3 Å². The van der Waals surface area contributed by atoms with E-state index in [1.165, 1.54) is 12.8 Å². The summed E-state index contributed by atoms with van der Waals surface area (Å²) in [6.07, 6.45) is 6.18. The van der Waals surface area contributed by atoms with Gasteiger partial charge in [0, 0.05) is 57.0 Å². The number of nitrogens with one attached hydrogen (secondary N) is 1. The van der Waals surface area contributed by atoms with Gasteiger partial charge in [0.25, 0.3) is 0 Å². The number of pyridine rings is 1. The second kappa shape index (κ2) is 8.52. The van der Waals surface area contributed by atoms with Gasteiger partial charge in [-0.25, -0.2) is 0 Å². The lowest BCUT2D eigenvalue weighted by Gasteiger charge is -2.25. The molecule has 2 fully saturated rings. The third-order valence-corrected chi connectivity index (χ3v) is 5.23. The van der Waals surface area contributed by atoms with Crippen LogP contribution in [0.2, 0.25) is 0 Å².